The molecule has 5 rings (SSSR count). The number of amides is 3. The van der Waals surface area contributed by atoms with Crippen LogP contribution in [-0.2, 0) is 11.3 Å². The van der Waals surface area contributed by atoms with Gasteiger partial charge in [0, 0.05) is 56.9 Å². The van der Waals surface area contributed by atoms with Gasteiger partial charge in [-0.3, -0.25) is 14.9 Å². The summed E-state index contributed by atoms with van der Waals surface area (Å²) in [6.45, 7) is 5.43. The van der Waals surface area contributed by atoms with Crippen molar-refractivity contribution in [2.75, 3.05) is 69.7 Å². The van der Waals surface area contributed by atoms with E-state index in [1.54, 1.807) is 25.3 Å². The molecule has 226 valence electrons. The van der Waals surface area contributed by atoms with Crippen LogP contribution in [-0.4, -0.2) is 87.2 Å². The number of carbonyl (C=O) groups excluding carboxylic acids is 3. The molecule has 43 heavy (non-hydrogen) atoms. The fourth-order valence-electron chi connectivity index (χ4n) is 5.45. The molecule has 2 N–H and O–H groups in total. The molecule has 3 aromatic rings. The number of hydrogen-bond donors (Lipinski definition) is 2. The lowest BCUT2D eigenvalue weighted by Crippen LogP contribution is -2.35. The number of carbonyl (C=O) groups is 3. The van der Waals surface area contributed by atoms with Crippen molar-refractivity contribution in [1.82, 2.24) is 15.1 Å². The van der Waals surface area contributed by atoms with Crippen molar-refractivity contribution in [2.24, 2.45) is 0 Å². The van der Waals surface area contributed by atoms with Gasteiger partial charge < -0.3 is 29.5 Å². The van der Waals surface area contributed by atoms with Crippen LogP contribution >= 0.6 is 0 Å². The molecule has 2 saturated heterocycles. The zero-order valence-corrected chi connectivity index (χ0v) is 24.6. The molecule has 2 aliphatic rings. The number of nitrogens with zero attached hydrogens (tertiary/aromatic N) is 3. The Hall–Kier alpha value is -4.57. The Morgan fingerprint density at radius 1 is 0.767 bits per heavy atom. The summed E-state index contributed by atoms with van der Waals surface area (Å²) in [6.07, 6.45) is 1.03. The largest absolute Gasteiger partial charge is 0.497 e. The van der Waals surface area contributed by atoms with Crippen LogP contribution in [0.25, 0.3) is 0 Å². The van der Waals surface area contributed by atoms with Crippen molar-refractivity contribution in [2.45, 2.75) is 19.4 Å². The molecule has 10 heteroatoms. The zero-order valence-electron chi connectivity index (χ0n) is 24.6. The Kier molecular flexibility index (Phi) is 10.1. The second kappa shape index (κ2) is 14.6. The summed E-state index contributed by atoms with van der Waals surface area (Å²) in [7, 11) is 1.58. The minimum atomic E-state index is -0.599. The maximum atomic E-state index is 13.4. The first-order valence-electron chi connectivity index (χ1n) is 14.8. The van der Waals surface area contributed by atoms with Crippen LogP contribution in [0.1, 0.15) is 39.1 Å². The number of hydrogen-bond acceptors (Lipinski definition) is 7. The smallest absolute Gasteiger partial charge is 0.412 e. The van der Waals surface area contributed by atoms with E-state index in [0.29, 0.717) is 61.8 Å². The van der Waals surface area contributed by atoms with Crippen molar-refractivity contribution < 1.29 is 23.9 Å². The van der Waals surface area contributed by atoms with E-state index in [9.17, 15) is 14.4 Å². The number of methoxy groups -OCH3 is 1. The van der Waals surface area contributed by atoms with Gasteiger partial charge in [0.05, 0.1) is 18.5 Å². The minimum absolute atomic E-state index is 0.0449. The first-order chi connectivity index (χ1) is 21.0. The maximum Gasteiger partial charge on any atom is 0.412 e. The summed E-state index contributed by atoms with van der Waals surface area (Å²) in [5.74, 6) is 0.529. The van der Waals surface area contributed by atoms with E-state index in [4.69, 9.17) is 9.47 Å². The van der Waals surface area contributed by atoms with Crippen LogP contribution in [0.2, 0.25) is 0 Å². The zero-order chi connectivity index (χ0) is 30.0. The van der Waals surface area contributed by atoms with Crippen molar-refractivity contribution in [3.63, 3.8) is 0 Å². The van der Waals surface area contributed by atoms with Gasteiger partial charge in [-0.25, -0.2) is 4.79 Å². The van der Waals surface area contributed by atoms with Crippen molar-refractivity contribution in [3.8, 4) is 5.75 Å². The van der Waals surface area contributed by atoms with Crippen LogP contribution in [0, 0.1) is 0 Å². The summed E-state index contributed by atoms with van der Waals surface area (Å²) >= 11 is 0. The molecular weight excluding hydrogens is 546 g/mol. The normalized spacial score (nSPS) is 15.7. The molecule has 2 aliphatic heterocycles. The van der Waals surface area contributed by atoms with Crippen molar-refractivity contribution in [3.05, 3.63) is 89.5 Å². The Labute approximate surface area is 252 Å². The molecule has 3 amide bonds. The molecular formula is C33H39N5O5. The number of anilines is 2. The number of rotatable bonds is 7. The van der Waals surface area contributed by atoms with Crippen LogP contribution < -0.4 is 20.3 Å². The van der Waals surface area contributed by atoms with E-state index in [0.717, 1.165) is 37.2 Å². The quantitative estimate of drug-likeness (QED) is 0.428. The molecule has 0 spiro atoms. The second-order valence-corrected chi connectivity index (χ2v) is 10.7. The third-order valence-corrected chi connectivity index (χ3v) is 7.76. The predicted octanol–water partition coefficient (Wildman–Crippen LogP) is 4.23. The van der Waals surface area contributed by atoms with E-state index in [1.807, 2.05) is 64.4 Å². The van der Waals surface area contributed by atoms with E-state index in [2.05, 4.69) is 15.5 Å². The highest BCUT2D eigenvalue weighted by Gasteiger charge is 2.24. The topological polar surface area (TPSA) is 103 Å². The molecule has 10 nitrogen and oxygen atoms in total. The molecule has 0 radical (unpaired) electrons. The van der Waals surface area contributed by atoms with Crippen molar-refractivity contribution in [1.29, 1.82) is 0 Å². The van der Waals surface area contributed by atoms with Crippen molar-refractivity contribution >= 4 is 29.3 Å². The fourth-order valence-corrected chi connectivity index (χ4v) is 5.45. The van der Waals surface area contributed by atoms with E-state index in [-0.39, 0.29) is 18.4 Å². The summed E-state index contributed by atoms with van der Waals surface area (Å²) in [6, 6.07) is 22.1. The van der Waals surface area contributed by atoms with Gasteiger partial charge in [0.15, 0.2) is 0 Å². The van der Waals surface area contributed by atoms with E-state index >= 15 is 0 Å². The molecule has 2 heterocycles. The predicted molar refractivity (Wildman–Crippen MR) is 166 cm³/mol. The van der Waals surface area contributed by atoms with Crippen LogP contribution in [0.3, 0.4) is 0 Å². The van der Waals surface area contributed by atoms with Gasteiger partial charge in [-0.2, -0.15) is 0 Å². The summed E-state index contributed by atoms with van der Waals surface area (Å²) < 4.78 is 10.8. The van der Waals surface area contributed by atoms with Gasteiger partial charge >= 0.3 is 6.09 Å². The average molecular weight is 586 g/mol. The fraction of sp³-hybridized carbons (Fsp3) is 0.364. The van der Waals surface area contributed by atoms with Crippen LogP contribution in [0.15, 0.2) is 72.8 Å². The third kappa shape index (κ3) is 7.84. The molecule has 0 unspecified atom stereocenters. The summed E-state index contributed by atoms with van der Waals surface area (Å²) in [4.78, 5) is 45.5. The lowest BCUT2D eigenvalue weighted by atomic mass is 10.1. The molecule has 0 atom stereocenters. The van der Waals surface area contributed by atoms with E-state index < -0.39 is 6.09 Å². The Bertz CT molecular complexity index is 1410. The average Bonchev–Trinajstić information content (AvgIpc) is 3.48. The monoisotopic (exact) mass is 585 g/mol. The highest BCUT2D eigenvalue weighted by Crippen LogP contribution is 2.30. The SMILES string of the molecule is COc1cccc(C(=O)N2CCCN(c3ccc(C(=O)N4CCCNCC4)cc3NC(=O)OCc3ccccc3)CC2)c1. The van der Waals surface area contributed by atoms with Crippen LogP contribution in [0.5, 0.6) is 5.75 Å². The second-order valence-electron chi connectivity index (χ2n) is 10.7. The molecule has 0 aliphatic carbocycles. The standard InChI is InChI=1S/C33H39N5O5/c1-42-28-11-5-10-26(22-28)31(39)38-18-7-17-36(20-21-38)30-13-12-27(32(40)37-16-6-14-34-15-19-37)23-29(30)35-33(41)43-24-25-8-3-2-4-9-25/h2-5,8-13,22-23,34H,6-7,14-21,24H2,1H3,(H,35,41). The summed E-state index contributed by atoms with van der Waals surface area (Å²) in [5, 5.41) is 6.23. The Morgan fingerprint density at radius 2 is 1.53 bits per heavy atom. The molecule has 2 fully saturated rings. The Balaban J connectivity index is 1.34. The Morgan fingerprint density at radius 3 is 2.35 bits per heavy atom. The van der Waals surface area contributed by atoms with Gasteiger partial charge in [0.1, 0.15) is 12.4 Å². The molecule has 0 bridgehead atoms. The number of ether oxygens (including phenoxy) is 2. The first-order valence-corrected chi connectivity index (χ1v) is 14.8. The first kappa shape index (κ1) is 29.9. The van der Waals surface area contributed by atoms with Gasteiger partial charge in [0.2, 0.25) is 0 Å². The number of benzene rings is 3. The highest BCUT2D eigenvalue weighted by molar-refractivity contribution is 5.99. The van der Waals surface area contributed by atoms with Gasteiger partial charge in [-0.15, -0.1) is 0 Å². The maximum absolute atomic E-state index is 13.4. The molecule has 0 saturated carbocycles. The van der Waals surface area contributed by atoms with Gasteiger partial charge in [0.25, 0.3) is 11.8 Å². The summed E-state index contributed by atoms with van der Waals surface area (Å²) in [5.41, 5.74) is 3.26. The lowest BCUT2D eigenvalue weighted by molar-refractivity contribution is 0.0759. The highest BCUT2D eigenvalue weighted by atomic mass is 16.5. The number of nitrogens with one attached hydrogen (secondary N) is 2. The molecule has 0 aromatic heterocycles. The van der Waals surface area contributed by atoms with E-state index in [1.165, 1.54) is 0 Å². The minimum Gasteiger partial charge on any atom is -0.497 e. The van der Waals surface area contributed by atoms with Crippen LogP contribution in [0.4, 0.5) is 16.2 Å². The lowest BCUT2D eigenvalue weighted by Gasteiger charge is -2.27. The molecule has 3 aromatic carbocycles. The third-order valence-electron chi connectivity index (χ3n) is 7.76. The van der Waals surface area contributed by atoms with Gasteiger partial charge in [-0.1, -0.05) is 36.4 Å². The van der Waals surface area contributed by atoms with Gasteiger partial charge in [-0.05, 0) is 61.3 Å².